The molecule has 3 fully saturated rings. The van der Waals surface area contributed by atoms with Crippen molar-refractivity contribution in [3.63, 3.8) is 0 Å². The van der Waals surface area contributed by atoms with Gasteiger partial charge < -0.3 is 27.0 Å². The summed E-state index contributed by atoms with van der Waals surface area (Å²) < 4.78 is 0. The summed E-state index contributed by atoms with van der Waals surface area (Å²) in [5.74, 6) is -1.44. The van der Waals surface area contributed by atoms with Crippen LogP contribution in [0.25, 0.3) is 0 Å². The lowest BCUT2D eigenvalue weighted by molar-refractivity contribution is -0.147. The molecule has 1 saturated carbocycles. The van der Waals surface area contributed by atoms with Crippen LogP contribution in [0.15, 0.2) is 0 Å². The van der Waals surface area contributed by atoms with Crippen LogP contribution in [0.5, 0.6) is 0 Å². The molecule has 3 aliphatic rings. The predicted molar refractivity (Wildman–Crippen MR) is 111 cm³/mol. The molecule has 1 unspecified atom stereocenters. The van der Waals surface area contributed by atoms with E-state index in [1.54, 1.807) is 4.90 Å². The van der Waals surface area contributed by atoms with E-state index in [-0.39, 0.29) is 42.0 Å². The maximum Gasteiger partial charge on any atom is 0.243 e. The Morgan fingerprint density at radius 1 is 1.27 bits per heavy atom. The van der Waals surface area contributed by atoms with E-state index in [0.29, 0.717) is 18.9 Å². The second-order valence-corrected chi connectivity index (χ2v) is 10.3. The first kappa shape index (κ1) is 22.5. The van der Waals surface area contributed by atoms with E-state index in [1.807, 2.05) is 20.8 Å². The van der Waals surface area contributed by atoms with Crippen LogP contribution in [-0.4, -0.2) is 59.2 Å². The predicted octanol–water partition coefficient (Wildman–Crippen LogP) is -0.518. The normalized spacial score (nSPS) is 32.6. The third-order valence-electron chi connectivity index (χ3n) is 7.04. The molecule has 0 radical (unpaired) electrons. The number of piperidine rings is 1. The van der Waals surface area contributed by atoms with Gasteiger partial charge in [0.15, 0.2) is 0 Å². The zero-order valence-electron chi connectivity index (χ0n) is 18.3. The summed E-state index contributed by atoms with van der Waals surface area (Å²) in [6.45, 7) is 8.35. The fourth-order valence-corrected chi connectivity index (χ4v) is 5.18. The lowest BCUT2D eigenvalue weighted by Gasteiger charge is -2.41. The van der Waals surface area contributed by atoms with Gasteiger partial charge in [-0.25, -0.2) is 0 Å². The zero-order valence-corrected chi connectivity index (χ0v) is 18.3. The van der Waals surface area contributed by atoms with E-state index < -0.39 is 29.4 Å². The topological polar surface area (TPSA) is 148 Å². The lowest BCUT2D eigenvalue weighted by Crippen LogP contribution is -2.61. The highest BCUT2D eigenvalue weighted by Crippen LogP contribution is 2.46. The molecule has 168 valence electrons. The number of nitrogens with two attached hydrogens (primary N) is 2. The zero-order chi connectivity index (χ0) is 22.4. The van der Waals surface area contributed by atoms with Gasteiger partial charge in [-0.3, -0.25) is 19.2 Å². The minimum atomic E-state index is -0.948. The Balaban J connectivity index is 1.77. The average Bonchev–Trinajstić information content (AvgIpc) is 3.32. The third kappa shape index (κ3) is 4.17. The Kier molecular flexibility index (Phi) is 6.13. The summed E-state index contributed by atoms with van der Waals surface area (Å²) >= 11 is 0. The monoisotopic (exact) mass is 421 g/mol. The maximum atomic E-state index is 13.3. The van der Waals surface area contributed by atoms with E-state index in [0.717, 1.165) is 12.8 Å². The van der Waals surface area contributed by atoms with Crippen LogP contribution < -0.4 is 22.1 Å². The van der Waals surface area contributed by atoms with Crippen LogP contribution in [0.1, 0.15) is 53.4 Å². The molecule has 1 aliphatic carbocycles. The quantitative estimate of drug-likeness (QED) is 0.456. The van der Waals surface area contributed by atoms with Crippen molar-refractivity contribution in [2.45, 2.75) is 77.5 Å². The van der Waals surface area contributed by atoms with Crippen LogP contribution in [0.3, 0.4) is 0 Å². The number of likely N-dealkylation sites (tertiary alicyclic amines) is 1. The Morgan fingerprint density at radius 3 is 2.47 bits per heavy atom. The van der Waals surface area contributed by atoms with Crippen LogP contribution in [0.2, 0.25) is 0 Å². The number of hydrogen-bond acceptors (Lipinski definition) is 5. The molecule has 30 heavy (non-hydrogen) atoms. The number of primary amides is 1. The minimum absolute atomic E-state index is 0.0284. The second kappa shape index (κ2) is 8.17. The Labute approximate surface area is 177 Å². The van der Waals surface area contributed by atoms with Crippen molar-refractivity contribution in [2.75, 3.05) is 6.54 Å². The van der Waals surface area contributed by atoms with E-state index in [1.165, 1.54) is 0 Å². The fourth-order valence-electron chi connectivity index (χ4n) is 5.18. The first-order valence-electron chi connectivity index (χ1n) is 10.9. The van der Waals surface area contributed by atoms with Gasteiger partial charge in [0, 0.05) is 18.5 Å². The number of carbonyl (C=O) groups is 4. The molecule has 0 aromatic rings. The summed E-state index contributed by atoms with van der Waals surface area (Å²) in [7, 11) is 0. The highest BCUT2D eigenvalue weighted by Gasteiger charge is 2.55. The molecule has 3 rings (SSSR count). The van der Waals surface area contributed by atoms with E-state index in [2.05, 4.69) is 17.6 Å². The summed E-state index contributed by atoms with van der Waals surface area (Å²) in [5, 5.41) is 5.47. The molecule has 9 nitrogen and oxygen atoms in total. The summed E-state index contributed by atoms with van der Waals surface area (Å²) in [4.78, 5) is 52.0. The summed E-state index contributed by atoms with van der Waals surface area (Å²) in [6.07, 6.45) is 2.38. The largest absolute Gasteiger partial charge is 0.368 e. The van der Waals surface area contributed by atoms with Crippen LogP contribution in [-0.2, 0) is 19.2 Å². The standard InChI is InChI=1S/C21H35N5O4/c1-10-7-12-9-14(10)26(20(30)16(22)21(2,3)4)15(12)19(29)25-13(17(23)27)8-11-5-6-24-18(11)28/h10-16H,5-9,22H2,1-4H3,(H2,23,27)(H,24,28)(H,25,29)/t10?,11-,12-,13-,14-,15-,16+/m0/s1. The van der Waals surface area contributed by atoms with Crippen LogP contribution in [0.4, 0.5) is 0 Å². The van der Waals surface area contributed by atoms with Crippen LogP contribution in [0, 0.1) is 23.2 Å². The maximum absolute atomic E-state index is 13.3. The van der Waals surface area contributed by atoms with Gasteiger partial charge >= 0.3 is 0 Å². The van der Waals surface area contributed by atoms with Crippen molar-refractivity contribution in [2.24, 2.45) is 34.6 Å². The third-order valence-corrected chi connectivity index (χ3v) is 7.04. The average molecular weight is 422 g/mol. The smallest absolute Gasteiger partial charge is 0.243 e. The van der Waals surface area contributed by atoms with Gasteiger partial charge in [0.2, 0.25) is 23.6 Å². The van der Waals surface area contributed by atoms with Gasteiger partial charge in [0.25, 0.3) is 0 Å². The highest BCUT2D eigenvalue weighted by molar-refractivity contribution is 5.94. The summed E-state index contributed by atoms with van der Waals surface area (Å²) in [5.41, 5.74) is 11.3. The molecular weight excluding hydrogens is 386 g/mol. The highest BCUT2D eigenvalue weighted by atomic mass is 16.2. The second-order valence-electron chi connectivity index (χ2n) is 10.3. The lowest BCUT2D eigenvalue weighted by atomic mass is 9.84. The number of nitrogens with zero attached hydrogens (tertiary/aromatic N) is 1. The van der Waals surface area contributed by atoms with Crippen molar-refractivity contribution >= 4 is 23.6 Å². The van der Waals surface area contributed by atoms with Gasteiger partial charge in [-0.05, 0) is 42.9 Å². The molecule has 2 heterocycles. The first-order valence-corrected chi connectivity index (χ1v) is 10.9. The van der Waals surface area contributed by atoms with Crippen molar-refractivity contribution in [3.8, 4) is 0 Å². The molecule has 2 saturated heterocycles. The van der Waals surface area contributed by atoms with Gasteiger partial charge in [-0.15, -0.1) is 0 Å². The van der Waals surface area contributed by atoms with Crippen molar-refractivity contribution in [3.05, 3.63) is 0 Å². The Morgan fingerprint density at radius 2 is 1.93 bits per heavy atom. The van der Waals surface area contributed by atoms with Gasteiger partial charge in [-0.1, -0.05) is 27.7 Å². The van der Waals surface area contributed by atoms with Crippen LogP contribution >= 0.6 is 0 Å². The first-order chi connectivity index (χ1) is 13.9. The molecule has 6 N–H and O–H groups in total. The number of nitrogens with one attached hydrogen (secondary N) is 2. The number of amides is 4. The molecule has 7 atom stereocenters. The number of rotatable bonds is 6. The number of hydrogen-bond donors (Lipinski definition) is 4. The Hall–Kier alpha value is -2.16. The molecule has 0 spiro atoms. The van der Waals surface area contributed by atoms with Gasteiger partial charge in [-0.2, -0.15) is 0 Å². The fraction of sp³-hybridized carbons (Fsp3) is 0.810. The van der Waals surface area contributed by atoms with E-state index in [9.17, 15) is 19.2 Å². The summed E-state index contributed by atoms with van der Waals surface area (Å²) in [6, 6.07) is -2.37. The van der Waals surface area contributed by atoms with E-state index >= 15 is 0 Å². The molecular formula is C21H35N5O4. The molecule has 4 amide bonds. The van der Waals surface area contributed by atoms with Crippen molar-refractivity contribution in [1.82, 2.24) is 15.5 Å². The van der Waals surface area contributed by atoms with Crippen molar-refractivity contribution < 1.29 is 19.2 Å². The molecule has 0 aromatic carbocycles. The SMILES string of the molecule is CC1C[C@H]2C[C@@H]1N(C(=O)[C@@H](N)C(C)(C)C)[C@@H]2C(=O)N[C@@H](C[C@@H]1CCNC1=O)C(N)=O. The van der Waals surface area contributed by atoms with Crippen molar-refractivity contribution in [1.29, 1.82) is 0 Å². The van der Waals surface area contributed by atoms with E-state index in [4.69, 9.17) is 11.5 Å². The molecule has 0 aromatic heterocycles. The number of carbonyl (C=O) groups excluding carboxylic acids is 4. The van der Waals surface area contributed by atoms with Gasteiger partial charge in [0.1, 0.15) is 12.1 Å². The molecule has 2 bridgehead atoms. The molecule has 2 aliphatic heterocycles. The minimum Gasteiger partial charge on any atom is -0.368 e. The van der Waals surface area contributed by atoms with Gasteiger partial charge in [0.05, 0.1) is 6.04 Å². The number of fused-ring (bicyclic) bond motifs is 2. The molecule has 9 heteroatoms. The Bertz CT molecular complexity index is 733.